The summed E-state index contributed by atoms with van der Waals surface area (Å²) in [6.07, 6.45) is 1.44. The molecule has 0 saturated carbocycles. The Hall–Kier alpha value is -2.89. The first-order valence-electron chi connectivity index (χ1n) is 9.00. The van der Waals surface area contributed by atoms with Crippen LogP contribution in [0, 0.1) is 11.7 Å². The van der Waals surface area contributed by atoms with E-state index < -0.39 is 0 Å². The molecule has 1 aliphatic heterocycles. The molecule has 0 spiro atoms. The van der Waals surface area contributed by atoms with Crippen molar-refractivity contribution >= 4 is 17.5 Å². The lowest BCUT2D eigenvalue weighted by molar-refractivity contribution is -0.121. The first-order chi connectivity index (χ1) is 13.0. The Bertz CT molecular complexity index is 790. The summed E-state index contributed by atoms with van der Waals surface area (Å²) in [4.78, 5) is 25.9. The fraction of sp³-hybridized carbons (Fsp3) is 0.333. The van der Waals surface area contributed by atoms with Crippen molar-refractivity contribution in [1.29, 1.82) is 0 Å². The van der Waals surface area contributed by atoms with Crippen LogP contribution in [-0.2, 0) is 16.0 Å². The second-order valence-electron chi connectivity index (χ2n) is 6.70. The highest BCUT2D eigenvalue weighted by atomic mass is 19.1. The molecule has 2 amide bonds. The summed E-state index contributed by atoms with van der Waals surface area (Å²) in [5.41, 5.74) is 1.76. The highest BCUT2D eigenvalue weighted by Gasteiger charge is 2.30. The van der Waals surface area contributed by atoms with Gasteiger partial charge in [0, 0.05) is 37.5 Å². The maximum absolute atomic E-state index is 13.0. The van der Waals surface area contributed by atoms with Crippen molar-refractivity contribution in [3.8, 4) is 5.75 Å². The zero-order valence-electron chi connectivity index (χ0n) is 15.3. The van der Waals surface area contributed by atoms with Crippen molar-refractivity contribution < 1.29 is 18.7 Å². The van der Waals surface area contributed by atoms with Crippen LogP contribution < -0.4 is 15.0 Å². The average Bonchev–Trinajstić information content (AvgIpc) is 3.06. The molecule has 0 aromatic heterocycles. The van der Waals surface area contributed by atoms with Gasteiger partial charge in [-0.05, 0) is 48.4 Å². The van der Waals surface area contributed by atoms with Gasteiger partial charge in [-0.1, -0.05) is 12.1 Å². The lowest BCUT2D eigenvalue weighted by Gasteiger charge is -2.17. The Morgan fingerprint density at radius 3 is 2.56 bits per heavy atom. The number of rotatable bonds is 7. The fourth-order valence-corrected chi connectivity index (χ4v) is 3.19. The van der Waals surface area contributed by atoms with Crippen molar-refractivity contribution in [3.05, 3.63) is 59.9 Å². The number of ether oxygens (including phenoxy) is 1. The normalized spacial score (nSPS) is 16.4. The minimum Gasteiger partial charge on any atom is -0.497 e. The predicted octanol–water partition coefficient (Wildman–Crippen LogP) is 2.94. The molecule has 6 heteroatoms. The van der Waals surface area contributed by atoms with E-state index in [0.717, 1.165) is 11.3 Å². The first-order valence-corrected chi connectivity index (χ1v) is 9.00. The second kappa shape index (κ2) is 8.66. The third kappa shape index (κ3) is 5.06. The molecule has 0 radical (unpaired) electrons. The van der Waals surface area contributed by atoms with Gasteiger partial charge in [0.2, 0.25) is 11.8 Å². The molecule has 2 aromatic carbocycles. The van der Waals surface area contributed by atoms with Crippen LogP contribution in [0.1, 0.15) is 18.4 Å². The number of carbonyl (C=O) groups excluding carboxylic acids is 2. The SMILES string of the molecule is COc1ccc(CCC(=O)NCC2CC(=O)N(c3ccc(F)cc3)C2)cc1. The quantitative estimate of drug-likeness (QED) is 0.815. The van der Waals surface area contributed by atoms with Crippen LogP contribution in [0.2, 0.25) is 0 Å². The molecule has 1 fully saturated rings. The van der Waals surface area contributed by atoms with Gasteiger partial charge < -0.3 is 15.0 Å². The number of benzene rings is 2. The molecular formula is C21H23FN2O3. The van der Waals surface area contributed by atoms with E-state index in [2.05, 4.69) is 5.32 Å². The molecule has 2 aromatic rings. The van der Waals surface area contributed by atoms with Crippen molar-refractivity contribution in [2.24, 2.45) is 5.92 Å². The lowest BCUT2D eigenvalue weighted by atomic mass is 10.1. The van der Waals surface area contributed by atoms with Gasteiger partial charge in [-0.25, -0.2) is 4.39 Å². The van der Waals surface area contributed by atoms with Gasteiger partial charge in [0.05, 0.1) is 7.11 Å². The maximum Gasteiger partial charge on any atom is 0.227 e. The molecule has 1 N–H and O–H groups in total. The summed E-state index contributed by atoms with van der Waals surface area (Å²) in [7, 11) is 1.62. The highest BCUT2D eigenvalue weighted by Crippen LogP contribution is 2.24. The number of methoxy groups -OCH3 is 1. The van der Waals surface area contributed by atoms with Crippen LogP contribution in [-0.4, -0.2) is 32.0 Å². The van der Waals surface area contributed by atoms with Gasteiger partial charge in [-0.15, -0.1) is 0 Å². The summed E-state index contributed by atoms with van der Waals surface area (Å²) < 4.78 is 18.1. The third-order valence-electron chi connectivity index (χ3n) is 4.73. The van der Waals surface area contributed by atoms with Gasteiger partial charge >= 0.3 is 0 Å². The van der Waals surface area contributed by atoms with Crippen molar-refractivity contribution in [2.45, 2.75) is 19.3 Å². The molecule has 1 saturated heterocycles. The third-order valence-corrected chi connectivity index (χ3v) is 4.73. The zero-order chi connectivity index (χ0) is 19.2. The number of hydrogen-bond acceptors (Lipinski definition) is 3. The topological polar surface area (TPSA) is 58.6 Å². The number of halogens is 1. The monoisotopic (exact) mass is 370 g/mol. The molecule has 0 bridgehead atoms. The van der Waals surface area contributed by atoms with E-state index in [1.165, 1.54) is 12.1 Å². The van der Waals surface area contributed by atoms with E-state index in [0.29, 0.717) is 38.0 Å². The van der Waals surface area contributed by atoms with Crippen LogP contribution in [0.5, 0.6) is 5.75 Å². The van der Waals surface area contributed by atoms with E-state index >= 15 is 0 Å². The molecule has 0 aliphatic carbocycles. The minimum absolute atomic E-state index is 0.000843. The summed E-state index contributed by atoms with van der Waals surface area (Å²) >= 11 is 0. The molecular weight excluding hydrogens is 347 g/mol. The molecule has 1 aliphatic rings. The molecule has 1 atom stereocenters. The summed E-state index contributed by atoms with van der Waals surface area (Å²) in [5.74, 6) is 0.496. The van der Waals surface area contributed by atoms with Gasteiger partial charge in [0.1, 0.15) is 11.6 Å². The van der Waals surface area contributed by atoms with E-state index in [1.807, 2.05) is 24.3 Å². The predicted molar refractivity (Wildman–Crippen MR) is 101 cm³/mol. The zero-order valence-corrected chi connectivity index (χ0v) is 15.3. The molecule has 142 valence electrons. The fourth-order valence-electron chi connectivity index (χ4n) is 3.19. The van der Waals surface area contributed by atoms with Gasteiger partial charge in [0.25, 0.3) is 0 Å². The van der Waals surface area contributed by atoms with Crippen LogP contribution in [0.3, 0.4) is 0 Å². The Labute approximate surface area is 158 Å². The Balaban J connectivity index is 1.43. The van der Waals surface area contributed by atoms with E-state index in [1.54, 1.807) is 24.1 Å². The Morgan fingerprint density at radius 1 is 1.19 bits per heavy atom. The number of nitrogens with zero attached hydrogens (tertiary/aromatic N) is 1. The number of carbonyl (C=O) groups is 2. The second-order valence-corrected chi connectivity index (χ2v) is 6.70. The van der Waals surface area contributed by atoms with Crippen molar-refractivity contribution in [2.75, 3.05) is 25.1 Å². The molecule has 5 nitrogen and oxygen atoms in total. The highest BCUT2D eigenvalue weighted by molar-refractivity contribution is 5.95. The number of nitrogens with one attached hydrogen (secondary N) is 1. The summed E-state index contributed by atoms with van der Waals surface area (Å²) in [6, 6.07) is 13.5. The van der Waals surface area contributed by atoms with Crippen molar-refractivity contribution in [3.63, 3.8) is 0 Å². The van der Waals surface area contributed by atoms with Crippen LogP contribution >= 0.6 is 0 Å². The van der Waals surface area contributed by atoms with Gasteiger partial charge in [-0.2, -0.15) is 0 Å². The molecule has 1 heterocycles. The smallest absolute Gasteiger partial charge is 0.227 e. The number of anilines is 1. The first kappa shape index (κ1) is 18.9. The van der Waals surface area contributed by atoms with Gasteiger partial charge in [0.15, 0.2) is 0 Å². The van der Waals surface area contributed by atoms with Crippen LogP contribution in [0.15, 0.2) is 48.5 Å². The molecule has 27 heavy (non-hydrogen) atoms. The minimum atomic E-state index is -0.328. The molecule has 3 rings (SSSR count). The average molecular weight is 370 g/mol. The summed E-state index contributed by atoms with van der Waals surface area (Å²) in [5, 5.41) is 2.92. The maximum atomic E-state index is 13.0. The van der Waals surface area contributed by atoms with Crippen LogP contribution in [0.4, 0.5) is 10.1 Å². The van der Waals surface area contributed by atoms with Crippen LogP contribution in [0.25, 0.3) is 0 Å². The van der Waals surface area contributed by atoms with Crippen molar-refractivity contribution in [1.82, 2.24) is 5.32 Å². The Kier molecular flexibility index (Phi) is 6.06. The van der Waals surface area contributed by atoms with E-state index in [9.17, 15) is 14.0 Å². The summed E-state index contributed by atoms with van der Waals surface area (Å²) in [6.45, 7) is 0.994. The lowest BCUT2D eigenvalue weighted by Crippen LogP contribution is -2.31. The molecule has 1 unspecified atom stereocenters. The number of hydrogen-bond donors (Lipinski definition) is 1. The Morgan fingerprint density at radius 2 is 1.89 bits per heavy atom. The standard InChI is InChI=1S/C21H23FN2O3/c1-27-19-9-2-15(3-10-19)4-11-20(25)23-13-16-12-21(26)24(14-16)18-7-5-17(22)6-8-18/h2-3,5-10,16H,4,11-14H2,1H3,(H,23,25). The largest absolute Gasteiger partial charge is 0.497 e. The van der Waals surface area contributed by atoms with E-state index in [-0.39, 0.29) is 23.5 Å². The van der Waals surface area contributed by atoms with E-state index in [4.69, 9.17) is 4.74 Å². The number of aryl methyl sites for hydroxylation is 1. The van der Waals surface area contributed by atoms with Gasteiger partial charge in [-0.3, -0.25) is 9.59 Å². The number of amides is 2.